The number of rotatable bonds is 3. The van der Waals surface area contributed by atoms with E-state index in [1.807, 2.05) is 32.0 Å². The van der Waals surface area contributed by atoms with Gasteiger partial charge in [-0.2, -0.15) is 0 Å². The maximum Gasteiger partial charge on any atom is 0.163 e. The van der Waals surface area contributed by atoms with Gasteiger partial charge >= 0.3 is 0 Å². The topological polar surface area (TPSA) is 52.1 Å². The predicted molar refractivity (Wildman–Crippen MR) is 73.5 cm³/mol. The predicted octanol–water partition coefficient (Wildman–Crippen LogP) is 2.97. The fourth-order valence-electron chi connectivity index (χ4n) is 1.93. The van der Waals surface area contributed by atoms with Crippen LogP contribution in [0.2, 0.25) is 0 Å². The summed E-state index contributed by atoms with van der Waals surface area (Å²) < 4.78 is 5.35. The first-order valence-corrected chi connectivity index (χ1v) is 6.02. The molecule has 1 aromatic heterocycles. The molecule has 1 aromatic carbocycles. The minimum Gasteiger partial charge on any atom is -0.496 e. The Labute approximate surface area is 112 Å². The van der Waals surface area contributed by atoms with Crippen molar-refractivity contribution in [2.45, 2.75) is 20.8 Å². The van der Waals surface area contributed by atoms with Crippen molar-refractivity contribution in [3.63, 3.8) is 0 Å². The number of methoxy groups -OCH3 is 1. The molecule has 0 saturated carbocycles. The van der Waals surface area contributed by atoms with Crippen LogP contribution < -0.4 is 4.74 Å². The minimum absolute atomic E-state index is 0.0279. The van der Waals surface area contributed by atoms with E-state index in [-0.39, 0.29) is 5.78 Å². The average molecular weight is 256 g/mol. The van der Waals surface area contributed by atoms with Crippen molar-refractivity contribution >= 4 is 5.78 Å². The van der Waals surface area contributed by atoms with Gasteiger partial charge in [0.1, 0.15) is 5.75 Å². The summed E-state index contributed by atoms with van der Waals surface area (Å²) in [5.41, 5.74) is 3.17. The molecule has 0 spiro atoms. The number of hydrogen-bond acceptors (Lipinski definition) is 4. The molecule has 0 aliphatic heterocycles. The number of carbonyl (C=O) groups excluding carboxylic acids is 1. The molecule has 0 aliphatic carbocycles. The summed E-state index contributed by atoms with van der Waals surface area (Å²) in [6.45, 7) is 5.32. The van der Waals surface area contributed by atoms with Gasteiger partial charge in [0.25, 0.3) is 0 Å². The standard InChI is InChI=1S/C15H16N2O2/c1-9-5-6-12(14(7-9)19-4)15-16-8-13(11(3)18)10(2)17-15/h5-8H,1-4H3. The number of aromatic nitrogens is 2. The molecule has 0 N–H and O–H groups in total. The molecule has 0 amide bonds. The average Bonchev–Trinajstić information content (AvgIpc) is 2.37. The molecular weight excluding hydrogens is 240 g/mol. The maximum atomic E-state index is 11.4. The Morgan fingerprint density at radius 3 is 2.58 bits per heavy atom. The lowest BCUT2D eigenvalue weighted by atomic mass is 10.1. The number of aryl methyl sites for hydroxylation is 2. The van der Waals surface area contributed by atoms with Gasteiger partial charge in [-0.15, -0.1) is 0 Å². The van der Waals surface area contributed by atoms with Gasteiger partial charge in [0.2, 0.25) is 0 Å². The molecule has 19 heavy (non-hydrogen) atoms. The van der Waals surface area contributed by atoms with Crippen LogP contribution in [0.25, 0.3) is 11.4 Å². The van der Waals surface area contributed by atoms with Crippen LogP contribution in [-0.2, 0) is 0 Å². The van der Waals surface area contributed by atoms with Crippen LogP contribution in [0.5, 0.6) is 5.75 Å². The molecule has 4 heteroatoms. The summed E-state index contributed by atoms with van der Waals surface area (Å²) >= 11 is 0. The van der Waals surface area contributed by atoms with Crippen LogP contribution in [0.4, 0.5) is 0 Å². The highest BCUT2D eigenvalue weighted by Gasteiger charge is 2.12. The second-order valence-electron chi connectivity index (χ2n) is 4.45. The van der Waals surface area contributed by atoms with Crippen LogP contribution in [-0.4, -0.2) is 22.9 Å². The Hall–Kier alpha value is -2.23. The fraction of sp³-hybridized carbons (Fsp3) is 0.267. The largest absolute Gasteiger partial charge is 0.496 e. The van der Waals surface area contributed by atoms with Gasteiger partial charge in [-0.3, -0.25) is 4.79 Å². The molecule has 0 unspecified atom stereocenters. The summed E-state index contributed by atoms with van der Waals surface area (Å²) in [6.07, 6.45) is 1.57. The molecule has 0 fully saturated rings. The Bertz CT molecular complexity index is 636. The number of benzene rings is 1. The van der Waals surface area contributed by atoms with Crippen molar-refractivity contribution in [1.82, 2.24) is 9.97 Å². The van der Waals surface area contributed by atoms with Gasteiger partial charge in [-0.1, -0.05) is 6.07 Å². The van der Waals surface area contributed by atoms with E-state index in [2.05, 4.69) is 9.97 Å². The van der Waals surface area contributed by atoms with E-state index < -0.39 is 0 Å². The number of ketones is 1. The van der Waals surface area contributed by atoms with E-state index in [1.54, 1.807) is 13.3 Å². The molecule has 0 aliphatic rings. The van der Waals surface area contributed by atoms with Crippen molar-refractivity contribution in [2.75, 3.05) is 7.11 Å². The molecule has 2 aromatic rings. The van der Waals surface area contributed by atoms with Crippen LogP contribution in [0, 0.1) is 13.8 Å². The van der Waals surface area contributed by atoms with E-state index in [9.17, 15) is 4.79 Å². The zero-order chi connectivity index (χ0) is 14.0. The van der Waals surface area contributed by atoms with E-state index >= 15 is 0 Å². The third-order valence-corrected chi connectivity index (χ3v) is 2.96. The van der Waals surface area contributed by atoms with Gasteiger partial charge in [-0.05, 0) is 38.5 Å². The highest BCUT2D eigenvalue weighted by molar-refractivity contribution is 5.94. The lowest BCUT2D eigenvalue weighted by Crippen LogP contribution is -2.02. The summed E-state index contributed by atoms with van der Waals surface area (Å²) in [5, 5.41) is 0. The quantitative estimate of drug-likeness (QED) is 0.792. The normalized spacial score (nSPS) is 10.3. The first-order chi connectivity index (χ1) is 9.02. The lowest BCUT2D eigenvalue weighted by Gasteiger charge is -2.09. The van der Waals surface area contributed by atoms with Crippen molar-refractivity contribution in [3.05, 3.63) is 41.2 Å². The van der Waals surface area contributed by atoms with Crippen LogP contribution >= 0.6 is 0 Å². The lowest BCUT2D eigenvalue weighted by molar-refractivity contribution is 0.101. The maximum absolute atomic E-state index is 11.4. The van der Waals surface area contributed by atoms with E-state index in [4.69, 9.17) is 4.74 Å². The molecular formula is C15H16N2O2. The van der Waals surface area contributed by atoms with Gasteiger partial charge in [0.15, 0.2) is 11.6 Å². The second-order valence-corrected chi connectivity index (χ2v) is 4.45. The van der Waals surface area contributed by atoms with Crippen molar-refractivity contribution in [3.8, 4) is 17.1 Å². The van der Waals surface area contributed by atoms with Crippen LogP contribution in [0.1, 0.15) is 28.5 Å². The van der Waals surface area contributed by atoms with Crippen molar-refractivity contribution in [2.24, 2.45) is 0 Å². The van der Waals surface area contributed by atoms with Crippen LogP contribution in [0.3, 0.4) is 0 Å². The number of Topliss-reactive ketones (excluding diaryl/α,β-unsaturated/α-hetero) is 1. The minimum atomic E-state index is -0.0279. The zero-order valence-electron chi connectivity index (χ0n) is 11.5. The molecule has 4 nitrogen and oxygen atoms in total. The molecule has 0 bridgehead atoms. The SMILES string of the molecule is COc1cc(C)ccc1-c1ncc(C(C)=O)c(C)n1. The number of carbonyl (C=O) groups is 1. The molecule has 98 valence electrons. The summed E-state index contributed by atoms with van der Waals surface area (Å²) in [4.78, 5) is 20.0. The molecule has 2 rings (SSSR count). The number of nitrogens with zero attached hydrogens (tertiary/aromatic N) is 2. The summed E-state index contributed by atoms with van der Waals surface area (Å²) in [5.74, 6) is 1.27. The van der Waals surface area contributed by atoms with Gasteiger partial charge in [0, 0.05) is 6.20 Å². The fourth-order valence-corrected chi connectivity index (χ4v) is 1.93. The summed E-state index contributed by atoms with van der Waals surface area (Å²) in [7, 11) is 1.62. The third-order valence-electron chi connectivity index (χ3n) is 2.96. The molecule has 0 saturated heterocycles. The smallest absolute Gasteiger partial charge is 0.163 e. The van der Waals surface area contributed by atoms with E-state index in [0.717, 1.165) is 16.9 Å². The Balaban J connectivity index is 2.54. The highest BCUT2D eigenvalue weighted by Crippen LogP contribution is 2.28. The monoisotopic (exact) mass is 256 g/mol. The molecule has 1 heterocycles. The Morgan fingerprint density at radius 2 is 2.00 bits per heavy atom. The van der Waals surface area contributed by atoms with Gasteiger partial charge < -0.3 is 4.74 Å². The van der Waals surface area contributed by atoms with E-state index in [1.165, 1.54) is 6.92 Å². The highest BCUT2D eigenvalue weighted by atomic mass is 16.5. The summed E-state index contributed by atoms with van der Waals surface area (Å²) in [6, 6.07) is 5.85. The van der Waals surface area contributed by atoms with Gasteiger partial charge in [-0.25, -0.2) is 9.97 Å². The number of ether oxygens (including phenoxy) is 1. The first kappa shape index (κ1) is 13.2. The van der Waals surface area contributed by atoms with E-state index in [0.29, 0.717) is 17.1 Å². The zero-order valence-corrected chi connectivity index (χ0v) is 11.5. The third kappa shape index (κ3) is 2.62. The molecule has 0 radical (unpaired) electrons. The number of hydrogen-bond donors (Lipinski definition) is 0. The second kappa shape index (κ2) is 5.18. The molecule has 0 atom stereocenters. The Kier molecular flexibility index (Phi) is 3.60. The van der Waals surface area contributed by atoms with Gasteiger partial charge in [0.05, 0.1) is 23.9 Å². The van der Waals surface area contributed by atoms with Crippen molar-refractivity contribution < 1.29 is 9.53 Å². The Morgan fingerprint density at radius 1 is 1.26 bits per heavy atom. The van der Waals surface area contributed by atoms with Crippen molar-refractivity contribution in [1.29, 1.82) is 0 Å². The first-order valence-electron chi connectivity index (χ1n) is 6.02. The van der Waals surface area contributed by atoms with Crippen LogP contribution in [0.15, 0.2) is 24.4 Å².